The molecule has 6 nitrogen and oxygen atoms in total. The molecule has 3 atom stereocenters. The molecule has 2 saturated heterocycles. The van der Waals surface area contributed by atoms with E-state index < -0.39 is 0 Å². The number of hydrogen-bond donors (Lipinski definition) is 2. The van der Waals surface area contributed by atoms with Crippen molar-refractivity contribution in [3.05, 3.63) is 69.7 Å². The topological polar surface area (TPSA) is 64.7 Å². The second kappa shape index (κ2) is 15.0. The van der Waals surface area contributed by atoms with Crippen LogP contribution in [0.2, 0.25) is 10.0 Å². The molecule has 39 heavy (non-hydrogen) atoms. The van der Waals surface area contributed by atoms with Crippen LogP contribution in [0.4, 0.5) is 0 Å². The number of likely N-dealkylation sites (tertiary alicyclic amines) is 1. The van der Waals surface area contributed by atoms with E-state index in [0.29, 0.717) is 41.2 Å². The smallest absolute Gasteiger partial charge is 0.251 e. The lowest BCUT2D eigenvalue weighted by molar-refractivity contribution is -0.133. The quantitative estimate of drug-likeness (QED) is 0.381. The van der Waals surface area contributed by atoms with Gasteiger partial charge in [0.15, 0.2) is 0 Å². The molecule has 0 saturated carbocycles. The number of nitrogens with one attached hydrogen (secondary N) is 2. The van der Waals surface area contributed by atoms with Crippen LogP contribution in [0, 0.1) is 0 Å². The summed E-state index contributed by atoms with van der Waals surface area (Å²) < 4.78 is 0. The molecule has 0 bridgehead atoms. The number of halogens is 2. The second-order valence-electron chi connectivity index (χ2n) is 10.9. The van der Waals surface area contributed by atoms with Gasteiger partial charge in [-0.15, -0.1) is 0 Å². The highest BCUT2D eigenvalue weighted by atomic mass is 35.5. The highest BCUT2D eigenvalue weighted by Crippen LogP contribution is 2.24. The Morgan fingerprint density at radius 1 is 1.03 bits per heavy atom. The highest BCUT2D eigenvalue weighted by Gasteiger charge is 2.32. The van der Waals surface area contributed by atoms with Gasteiger partial charge in [0, 0.05) is 43.7 Å². The zero-order valence-electron chi connectivity index (χ0n) is 23.0. The molecule has 2 N–H and O–H groups in total. The zero-order chi connectivity index (χ0) is 27.6. The molecular weight excluding hydrogens is 531 g/mol. The third-order valence-corrected chi connectivity index (χ3v) is 8.86. The van der Waals surface area contributed by atoms with Gasteiger partial charge < -0.3 is 20.4 Å². The molecule has 0 spiro atoms. The van der Waals surface area contributed by atoms with Crippen LogP contribution in [-0.4, -0.2) is 73.0 Å². The van der Waals surface area contributed by atoms with Crippen LogP contribution < -0.4 is 10.6 Å². The van der Waals surface area contributed by atoms with Crippen molar-refractivity contribution >= 4 is 35.0 Å². The Morgan fingerprint density at radius 2 is 1.77 bits per heavy atom. The molecular formula is C31H42Cl2N4O2. The van der Waals surface area contributed by atoms with E-state index in [4.69, 9.17) is 23.2 Å². The van der Waals surface area contributed by atoms with Gasteiger partial charge in [0.05, 0.1) is 16.1 Å². The molecule has 2 amide bonds. The lowest BCUT2D eigenvalue weighted by Crippen LogP contribution is -2.50. The SMILES string of the molecule is CCC(CN1CC[C@@H](CNC(=O)c2ccc(Cl)c(Cl)c2)N[C@@H](CCN2CCCCCC2)C1=O)c1ccccc1. The molecule has 2 aliphatic heterocycles. The number of nitrogens with zero attached hydrogens (tertiary/aromatic N) is 2. The van der Waals surface area contributed by atoms with E-state index in [1.165, 1.54) is 31.2 Å². The van der Waals surface area contributed by atoms with Crippen LogP contribution in [0.1, 0.15) is 73.7 Å². The predicted octanol–water partition coefficient (Wildman–Crippen LogP) is 5.74. The minimum Gasteiger partial charge on any atom is -0.350 e. The van der Waals surface area contributed by atoms with E-state index in [1.807, 2.05) is 6.07 Å². The minimum atomic E-state index is -0.268. The highest BCUT2D eigenvalue weighted by molar-refractivity contribution is 6.42. The van der Waals surface area contributed by atoms with Gasteiger partial charge in [-0.3, -0.25) is 9.59 Å². The van der Waals surface area contributed by atoms with E-state index in [9.17, 15) is 9.59 Å². The second-order valence-corrected chi connectivity index (χ2v) is 11.7. The maximum atomic E-state index is 13.9. The first kappa shape index (κ1) is 29.9. The molecule has 2 aromatic carbocycles. The summed E-state index contributed by atoms with van der Waals surface area (Å²) >= 11 is 12.1. The van der Waals surface area contributed by atoms with Crippen LogP contribution in [-0.2, 0) is 4.79 Å². The largest absolute Gasteiger partial charge is 0.350 e. The Kier molecular flexibility index (Phi) is 11.5. The molecule has 1 unspecified atom stereocenters. The van der Waals surface area contributed by atoms with E-state index >= 15 is 0 Å². The first-order chi connectivity index (χ1) is 18.9. The number of benzene rings is 2. The molecule has 2 heterocycles. The van der Waals surface area contributed by atoms with Gasteiger partial charge in [0.1, 0.15) is 0 Å². The van der Waals surface area contributed by atoms with Crippen LogP contribution in [0.5, 0.6) is 0 Å². The van der Waals surface area contributed by atoms with Crippen molar-refractivity contribution in [3.63, 3.8) is 0 Å². The normalized spacial score (nSPS) is 21.7. The summed E-state index contributed by atoms with van der Waals surface area (Å²) in [5, 5.41) is 7.45. The van der Waals surface area contributed by atoms with Gasteiger partial charge in [0.2, 0.25) is 5.91 Å². The summed E-state index contributed by atoms with van der Waals surface area (Å²) in [4.78, 5) is 31.3. The predicted molar refractivity (Wildman–Crippen MR) is 160 cm³/mol. The third-order valence-electron chi connectivity index (χ3n) is 8.12. The average molecular weight is 574 g/mol. The fraction of sp³-hybridized carbons (Fsp3) is 0.548. The fourth-order valence-corrected chi connectivity index (χ4v) is 6.02. The van der Waals surface area contributed by atoms with Gasteiger partial charge in [-0.25, -0.2) is 0 Å². The summed E-state index contributed by atoms with van der Waals surface area (Å²) in [5.41, 5.74) is 1.75. The number of rotatable bonds is 10. The molecule has 4 rings (SSSR count). The van der Waals surface area contributed by atoms with Crippen LogP contribution >= 0.6 is 23.2 Å². The third kappa shape index (κ3) is 8.68. The van der Waals surface area contributed by atoms with Gasteiger partial charge in [0.25, 0.3) is 5.91 Å². The van der Waals surface area contributed by atoms with Crippen molar-refractivity contribution in [2.75, 3.05) is 39.3 Å². The summed E-state index contributed by atoms with van der Waals surface area (Å²) in [7, 11) is 0. The average Bonchev–Trinajstić information content (AvgIpc) is 3.30. The van der Waals surface area contributed by atoms with E-state index in [2.05, 4.69) is 51.6 Å². The van der Waals surface area contributed by atoms with Crippen molar-refractivity contribution in [3.8, 4) is 0 Å². The van der Waals surface area contributed by atoms with Gasteiger partial charge >= 0.3 is 0 Å². The van der Waals surface area contributed by atoms with Crippen molar-refractivity contribution in [1.82, 2.24) is 20.4 Å². The lowest BCUT2D eigenvalue weighted by Gasteiger charge is -2.29. The minimum absolute atomic E-state index is 0.00314. The Bertz CT molecular complexity index is 1080. The summed E-state index contributed by atoms with van der Waals surface area (Å²) in [6.45, 7) is 7.15. The molecule has 8 heteroatoms. The number of carbonyl (C=O) groups is 2. The van der Waals surface area contributed by atoms with Crippen molar-refractivity contribution in [2.24, 2.45) is 0 Å². The molecule has 2 aromatic rings. The van der Waals surface area contributed by atoms with Crippen LogP contribution in [0.3, 0.4) is 0 Å². The van der Waals surface area contributed by atoms with E-state index in [-0.39, 0.29) is 23.9 Å². The number of hydrogen-bond acceptors (Lipinski definition) is 4. The van der Waals surface area contributed by atoms with Crippen molar-refractivity contribution < 1.29 is 9.59 Å². The molecule has 0 radical (unpaired) electrons. The van der Waals surface area contributed by atoms with Gasteiger partial charge in [-0.1, -0.05) is 73.3 Å². The number of amides is 2. The van der Waals surface area contributed by atoms with Crippen LogP contribution in [0.25, 0.3) is 0 Å². The maximum absolute atomic E-state index is 13.9. The van der Waals surface area contributed by atoms with Crippen molar-refractivity contribution in [2.45, 2.75) is 69.9 Å². The Labute approximate surface area is 243 Å². The van der Waals surface area contributed by atoms with Crippen LogP contribution in [0.15, 0.2) is 48.5 Å². The van der Waals surface area contributed by atoms with Crippen molar-refractivity contribution in [1.29, 1.82) is 0 Å². The van der Waals surface area contributed by atoms with E-state index in [0.717, 1.165) is 38.9 Å². The molecule has 2 fully saturated rings. The van der Waals surface area contributed by atoms with Gasteiger partial charge in [-0.2, -0.15) is 0 Å². The Hall–Kier alpha value is -2.12. The molecule has 2 aliphatic rings. The Morgan fingerprint density at radius 3 is 2.46 bits per heavy atom. The molecule has 0 aromatic heterocycles. The summed E-state index contributed by atoms with van der Waals surface area (Å²) in [6.07, 6.45) is 7.58. The zero-order valence-corrected chi connectivity index (χ0v) is 24.5. The van der Waals surface area contributed by atoms with Gasteiger partial charge in [-0.05, 0) is 69.0 Å². The lowest BCUT2D eigenvalue weighted by atomic mass is 9.95. The summed E-state index contributed by atoms with van der Waals surface area (Å²) in [5.74, 6) is 0.281. The first-order valence-electron chi connectivity index (χ1n) is 14.5. The first-order valence-corrected chi connectivity index (χ1v) is 15.3. The monoisotopic (exact) mass is 572 g/mol. The van der Waals surface area contributed by atoms with E-state index in [1.54, 1.807) is 18.2 Å². The molecule has 0 aliphatic carbocycles. The fourth-order valence-electron chi connectivity index (χ4n) is 5.72. The standard InChI is InChI=1S/C31H42Cl2N4O2/c1-2-23(24-10-6-5-7-11-24)22-37-19-14-26(21-34-30(38)25-12-13-27(32)28(33)20-25)35-29(31(37)39)15-18-36-16-8-3-4-9-17-36/h5-7,10-13,20,23,26,29,35H,2-4,8-9,14-19,21-22H2,1H3,(H,34,38)/t23?,26-,29-/m0/s1. The molecule has 212 valence electrons. The summed E-state index contributed by atoms with van der Waals surface area (Å²) in [6, 6.07) is 15.1. The Balaban J connectivity index is 1.43. The number of carbonyl (C=O) groups excluding carboxylic acids is 2. The maximum Gasteiger partial charge on any atom is 0.251 e.